The van der Waals surface area contributed by atoms with Crippen molar-refractivity contribution in [3.05, 3.63) is 35.9 Å². The number of carbonyl (C=O) groups is 1. The topological polar surface area (TPSA) is 61.6 Å². The number of benzene rings is 1. The zero-order valence-electron chi connectivity index (χ0n) is 14.3. The minimum Gasteiger partial charge on any atom is -0.355 e. The first-order valence-electron chi connectivity index (χ1n) is 8.14. The highest BCUT2D eigenvalue weighted by atomic mass is 35.5. The van der Waals surface area contributed by atoms with E-state index >= 15 is 0 Å². The van der Waals surface area contributed by atoms with E-state index < -0.39 is 0 Å². The molecule has 1 aromatic carbocycles. The largest absolute Gasteiger partial charge is 0.355 e. The molecular formula is C17H30Cl2N4O. The SMILES string of the molecule is CC(N)CCNC(=O)CN1CCN(Cc2ccccc2)CC1.Cl.Cl. The number of nitrogens with zero attached hydrogens (tertiary/aromatic N) is 2. The summed E-state index contributed by atoms with van der Waals surface area (Å²) >= 11 is 0. The van der Waals surface area contributed by atoms with Gasteiger partial charge in [-0.25, -0.2) is 0 Å². The fourth-order valence-electron chi connectivity index (χ4n) is 2.65. The van der Waals surface area contributed by atoms with Crippen molar-refractivity contribution in [3.8, 4) is 0 Å². The van der Waals surface area contributed by atoms with E-state index in [0.29, 0.717) is 13.1 Å². The summed E-state index contributed by atoms with van der Waals surface area (Å²) in [6.45, 7) is 8.06. The van der Waals surface area contributed by atoms with Gasteiger partial charge in [0.2, 0.25) is 5.91 Å². The Balaban J connectivity index is 0.00000264. The second-order valence-corrected chi connectivity index (χ2v) is 6.15. The Morgan fingerprint density at radius 3 is 2.29 bits per heavy atom. The molecule has 1 aliphatic rings. The van der Waals surface area contributed by atoms with Crippen LogP contribution in [0.15, 0.2) is 30.3 Å². The van der Waals surface area contributed by atoms with Crippen LogP contribution in [0.4, 0.5) is 0 Å². The molecule has 2 rings (SSSR count). The number of amides is 1. The van der Waals surface area contributed by atoms with Crippen LogP contribution in [0, 0.1) is 0 Å². The molecule has 138 valence electrons. The van der Waals surface area contributed by atoms with Crippen LogP contribution in [0.1, 0.15) is 18.9 Å². The highest BCUT2D eigenvalue weighted by Gasteiger charge is 2.18. The molecular weight excluding hydrogens is 347 g/mol. The van der Waals surface area contributed by atoms with Crippen LogP contribution in [0.2, 0.25) is 0 Å². The number of halogens is 2. The maximum absolute atomic E-state index is 11.9. The van der Waals surface area contributed by atoms with Crippen molar-refractivity contribution in [3.63, 3.8) is 0 Å². The minimum absolute atomic E-state index is 0. The van der Waals surface area contributed by atoms with Gasteiger partial charge in [-0.3, -0.25) is 14.6 Å². The number of hydrogen-bond donors (Lipinski definition) is 2. The van der Waals surface area contributed by atoms with Gasteiger partial charge in [-0.05, 0) is 18.9 Å². The van der Waals surface area contributed by atoms with E-state index in [2.05, 4.69) is 39.4 Å². The van der Waals surface area contributed by atoms with Gasteiger partial charge in [0.1, 0.15) is 0 Å². The fourth-order valence-corrected chi connectivity index (χ4v) is 2.65. The summed E-state index contributed by atoms with van der Waals surface area (Å²) in [5, 5.41) is 2.94. The number of rotatable bonds is 7. The van der Waals surface area contributed by atoms with Gasteiger partial charge in [-0.1, -0.05) is 30.3 Å². The number of hydrogen-bond acceptors (Lipinski definition) is 4. The highest BCUT2D eigenvalue weighted by molar-refractivity contribution is 5.85. The molecule has 1 amide bonds. The van der Waals surface area contributed by atoms with Gasteiger partial charge in [0, 0.05) is 45.3 Å². The molecule has 1 unspecified atom stereocenters. The Kier molecular flexibility index (Phi) is 12.1. The Labute approximate surface area is 157 Å². The molecule has 0 saturated carbocycles. The fraction of sp³-hybridized carbons (Fsp3) is 0.588. The van der Waals surface area contributed by atoms with E-state index in [1.54, 1.807) is 0 Å². The lowest BCUT2D eigenvalue weighted by Gasteiger charge is -2.34. The van der Waals surface area contributed by atoms with Crippen molar-refractivity contribution in [2.75, 3.05) is 39.3 Å². The lowest BCUT2D eigenvalue weighted by Crippen LogP contribution is -2.49. The van der Waals surface area contributed by atoms with Crippen LogP contribution in [0.3, 0.4) is 0 Å². The lowest BCUT2D eigenvalue weighted by atomic mass is 10.2. The standard InChI is InChI=1S/C17H28N4O.2ClH/c1-15(18)7-8-19-17(22)14-21-11-9-20(10-12-21)13-16-5-3-2-4-6-16;;/h2-6,15H,7-14,18H2,1H3,(H,19,22);2*1H. The molecule has 1 aromatic rings. The van der Waals surface area contributed by atoms with Gasteiger partial charge < -0.3 is 11.1 Å². The van der Waals surface area contributed by atoms with Crippen molar-refractivity contribution < 1.29 is 4.79 Å². The van der Waals surface area contributed by atoms with Crippen LogP contribution >= 0.6 is 24.8 Å². The number of nitrogens with two attached hydrogens (primary N) is 1. The molecule has 7 heteroatoms. The van der Waals surface area contributed by atoms with Crippen molar-refractivity contribution in [2.45, 2.75) is 25.9 Å². The zero-order chi connectivity index (χ0) is 15.8. The number of piperazine rings is 1. The highest BCUT2D eigenvalue weighted by Crippen LogP contribution is 2.08. The van der Waals surface area contributed by atoms with Crippen LogP contribution in [0.5, 0.6) is 0 Å². The molecule has 1 heterocycles. The average Bonchev–Trinajstić information content (AvgIpc) is 2.50. The van der Waals surface area contributed by atoms with Crippen LogP contribution in [-0.4, -0.2) is 61.0 Å². The van der Waals surface area contributed by atoms with Gasteiger partial charge >= 0.3 is 0 Å². The molecule has 1 saturated heterocycles. The first-order chi connectivity index (χ1) is 10.6. The van der Waals surface area contributed by atoms with Crippen LogP contribution in [-0.2, 0) is 11.3 Å². The summed E-state index contributed by atoms with van der Waals surface area (Å²) in [6.07, 6.45) is 0.830. The predicted molar refractivity (Wildman–Crippen MR) is 104 cm³/mol. The van der Waals surface area contributed by atoms with Crippen molar-refractivity contribution in [1.29, 1.82) is 0 Å². The van der Waals surface area contributed by atoms with E-state index in [1.807, 2.05) is 13.0 Å². The average molecular weight is 377 g/mol. The summed E-state index contributed by atoms with van der Waals surface area (Å²) in [4.78, 5) is 16.5. The van der Waals surface area contributed by atoms with E-state index in [-0.39, 0.29) is 36.8 Å². The number of carbonyl (C=O) groups excluding carboxylic acids is 1. The monoisotopic (exact) mass is 376 g/mol. The smallest absolute Gasteiger partial charge is 0.234 e. The summed E-state index contributed by atoms with van der Waals surface area (Å²) < 4.78 is 0. The predicted octanol–water partition coefficient (Wildman–Crippen LogP) is 1.50. The third-order valence-corrected chi connectivity index (χ3v) is 4.00. The molecule has 0 radical (unpaired) electrons. The Morgan fingerprint density at radius 1 is 1.12 bits per heavy atom. The molecule has 1 fully saturated rings. The summed E-state index contributed by atoms with van der Waals surface area (Å²) in [6, 6.07) is 10.7. The van der Waals surface area contributed by atoms with Gasteiger partial charge in [-0.15, -0.1) is 24.8 Å². The van der Waals surface area contributed by atoms with Crippen molar-refractivity contribution in [1.82, 2.24) is 15.1 Å². The molecule has 5 nitrogen and oxygen atoms in total. The third kappa shape index (κ3) is 8.85. The second kappa shape index (κ2) is 12.5. The van der Waals surface area contributed by atoms with E-state index in [0.717, 1.165) is 39.1 Å². The molecule has 3 N–H and O–H groups in total. The Bertz CT molecular complexity index is 451. The van der Waals surface area contributed by atoms with E-state index in [9.17, 15) is 4.79 Å². The second-order valence-electron chi connectivity index (χ2n) is 6.15. The van der Waals surface area contributed by atoms with E-state index in [1.165, 1.54) is 5.56 Å². The van der Waals surface area contributed by atoms with Gasteiger partial charge in [0.05, 0.1) is 6.54 Å². The maximum Gasteiger partial charge on any atom is 0.234 e. The molecule has 0 aromatic heterocycles. The molecule has 0 spiro atoms. The molecule has 24 heavy (non-hydrogen) atoms. The first kappa shape index (κ1) is 23.1. The Hall–Kier alpha value is -0.850. The van der Waals surface area contributed by atoms with Crippen molar-refractivity contribution >= 4 is 30.7 Å². The summed E-state index contributed by atoms with van der Waals surface area (Å²) in [5.74, 6) is 0.108. The minimum atomic E-state index is 0. The van der Waals surface area contributed by atoms with Gasteiger partial charge in [0.25, 0.3) is 0 Å². The number of nitrogens with one attached hydrogen (secondary N) is 1. The van der Waals surface area contributed by atoms with Crippen LogP contribution < -0.4 is 11.1 Å². The molecule has 0 bridgehead atoms. The van der Waals surface area contributed by atoms with E-state index in [4.69, 9.17) is 5.73 Å². The molecule has 1 atom stereocenters. The van der Waals surface area contributed by atoms with Crippen molar-refractivity contribution in [2.24, 2.45) is 5.73 Å². The van der Waals surface area contributed by atoms with Gasteiger partial charge in [0.15, 0.2) is 0 Å². The van der Waals surface area contributed by atoms with Gasteiger partial charge in [-0.2, -0.15) is 0 Å². The zero-order valence-corrected chi connectivity index (χ0v) is 16.0. The summed E-state index contributed by atoms with van der Waals surface area (Å²) in [5.41, 5.74) is 7.03. The molecule has 1 aliphatic heterocycles. The normalized spacial score (nSPS) is 16.6. The Morgan fingerprint density at radius 2 is 1.71 bits per heavy atom. The first-order valence-corrected chi connectivity index (χ1v) is 8.14. The quantitative estimate of drug-likeness (QED) is 0.756. The maximum atomic E-state index is 11.9. The lowest BCUT2D eigenvalue weighted by molar-refractivity contribution is -0.122. The summed E-state index contributed by atoms with van der Waals surface area (Å²) in [7, 11) is 0. The van der Waals surface area contributed by atoms with Crippen LogP contribution in [0.25, 0.3) is 0 Å². The third-order valence-electron chi connectivity index (χ3n) is 4.00. The molecule has 0 aliphatic carbocycles.